The van der Waals surface area contributed by atoms with E-state index in [1.807, 2.05) is 0 Å². The predicted octanol–water partition coefficient (Wildman–Crippen LogP) is 10.2. The van der Waals surface area contributed by atoms with Crippen molar-refractivity contribution in [3.05, 3.63) is 106 Å². The zero-order valence-electron chi connectivity index (χ0n) is 32.0. The molecule has 6 fully saturated rings. The van der Waals surface area contributed by atoms with Crippen LogP contribution in [0.2, 0.25) is 0 Å². The van der Waals surface area contributed by atoms with Gasteiger partial charge in [-0.05, 0) is 122 Å². The van der Waals surface area contributed by atoms with Crippen molar-refractivity contribution in [2.75, 3.05) is 26.7 Å². The molecule has 50 heavy (non-hydrogen) atoms. The molecule has 3 nitrogen and oxygen atoms in total. The van der Waals surface area contributed by atoms with Crippen LogP contribution in [-0.4, -0.2) is 49.7 Å². The van der Waals surface area contributed by atoms with Crippen molar-refractivity contribution in [2.24, 2.45) is 0 Å². The van der Waals surface area contributed by atoms with Crippen LogP contribution in [0.1, 0.15) is 136 Å². The molecule has 0 amide bonds. The number of rotatable bonds is 12. The SMILES string of the molecule is Cc1ccc(C2(CN(C)C3CCC3)CC2)cc1.Cc1ccc(C2(CNC3CCC3)CC2)cc1.Cc1ccc(C2(CNC3CCCC3)CC2)cc1. The number of nitrogens with zero attached hydrogens (tertiary/aromatic N) is 1. The van der Waals surface area contributed by atoms with Crippen molar-refractivity contribution >= 4 is 0 Å². The third-order valence-corrected chi connectivity index (χ3v) is 13.7. The van der Waals surface area contributed by atoms with E-state index in [-0.39, 0.29) is 0 Å². The number of nitrogens with one attached hydrogen (secondary N) is 2. The van der Waals surface area contributed by atoms with E-state index in [0.717, 1.165) is 18.1 Å². The predicted molar refractivity (Wildman–Crippen MR) is 212 cm³/mol. The van der Waals surface area contributed by atoms with Crippen LogP contribution in [-0.2, 0) is 16.2 Å². The first kappa shape index (κ1) is 35.9. The van der Waals surface area contributed by atoms with Crippen LogP contribution in [0.25, 0.3) is 0 Å². The van der Waals surface area contributed by atoms with Gasteiger partial charge in [0.2, 0.25) is 0 Å². The number of hydrogen-bond donors (Lipinski definition) is 2. The minimum Gasteiger partial charge on any atom is -0.313 e. The Morgan fingerprint density at radius 1 is 0.480 bits per heavy atom. The van der Waals surface area contributed by atoms with Crippen LogP contribution in [0.3, 0.4) is 0 Å². The fourth-order valence-electron chi connectivity index (χ4n) is 8.70. The van der Waals surface area contributed by atoms with Gasteiger partial charge in [-0.2, -0.15) is 0 Å². The van der Waals surface area contributed by atoms with Gasteiger partial charge in [0.05, 0.1) is 0 Å². The molecule has 0 spiro atoms. The van der Waals surface area contributed by atoms with Crippen molar-refractivity contribution < 1.29 is 0 Å². The van der Waals surface area contributed by atoms with Crippen LogP contribution >= 0.6 is 0 Å². The van der Waals surface area contributed by atoms with Crippen molar-refractivity contribution in [2.45, 2.75) is 158 Å². The topological polar surface area (TPSA) is 27.3 Å². The molecule has 2 N–H and O–H groups in total. The molecule has 3 aromatic rings. The van der Waals surface area contributed by atoms with Crippen molar-refractivity contribution in [1.29, 1.82) is 0 Å². The smallest absolute Gasteiger partial charge is 0.00925 e. The first-order valence-corrected chi connectivity index (χ1v) is 20.7. The number of hydrogen-bond acceptors (Lipinski definition) is 3. The zero-order chi connectivity index (χ0) is 34.6. The van der Waals surface area contributed by atoms with Gasteiger partial charge < -0.3 is 15.5 Å². The molecule has 6 aliphatic rings. The Balaban J connectivity index is 0.000000118. The van der Waals surface area contributed by atoms with Gasteiger partial charge in [-0.3, -0.25) is 0 Å². The fraction of sp³-hybridized carbons (Fsp3) is 0.617. The Hall–Kier alpha value is -2.46. The Bertz CT molecular complexity index is 1480. The summed E-state index contributed by atoms with van der Waals surface area (Å²) in [6, 6.07) is 30.0. The van der Waals surface area contributed by atoms with E-state index < -0.39 is 0 Å². The molecular weight excluding hydrogens is 607 g/mol. The Labute approximate surface area is 305 Å². The molecule has 0 aromatic heterocycles. The molecule has 270 valence electrons. The van der Waals surface area contributed by atoms with Gasteiger partial charge in [0.25, 0.3) is 0 Å². The summed E-state index contributed by atoms with van der Waals surface area (Å²) in [5.74, 6) is 0. The average Bonchev–Trinajstić information content (AvgIpc) is 4.03. The van der Waals surface area contributed by atoms with E-state index in [2.05, 4.69) is 116 Å². The summed E-state index contributed by atoms with van der Waals surface area (Å²) >= 11 is 0. The summed E-state index contributed by atoms with van der Waals surface area (Å²) in [5, 5.41) is 7.53. The minimum atomic E-state index is 0.482. The summed E-state index contributed by atoms with van der Waals surface area (Å²) in [7, 11) is 2.32. The largest absolute Gasteiger partial charge is 0.313 e. The van der Waals surface area contributed by atoms with Crippen molar-refractivity contribution in [3.63, 3.8) is 0 Å². The molecule has 0 radical (unpaired) electrons. The van der Waals surface area contributed by atoms with Crippen LogP contribution in [0.15, 0.2) is 72.8 Å². The monoisotopic (exact) mass is 674 g/mol. The van der Waals surface area contributed by atoms with Gasteiger partial charge in [-0.15, -0.1) is 0 Å². The molecule has 0 aliphatic heterocycles. The average molecular weight is 674 g/mol. The lowest BCUT2D eigenvalue weighted by Gasteiger charge is -2.37. The number of benzene rings is 3. The van der Waals surface area contributed by atoms with Gasteiger partial charge in [0.15, 0.2) is 0 Å². The molecule has 0 atom stereocenters. The summed E-state index contributed by atoms with van der Waals surface area (Å²) in [6.45, 7) is 10.2. The van der Waals surface area contributed by atoms with Gasteiger partial charge >= 0.3 is 0 Å². The number of likely N-dealkylation sites (N-methyl/N-ethyl adjacent to an activating group) is 1. The van der Waals surface area contributed by atoms with E-state index in [9.17, 15) is 0 Å². The molecule has 3 aromatic carbocycles. The third-order valence-electron chi connectivity index (χ3n) is 13.7. The van der Waals surface area contributed by atoms with Crippen molar-refractivity contribution in [3.8, 4) is 0 Å². The first-order chi connectivity index (χ1) is 24.3. The Morgan fingerprint density at radius 2 is 0.820 bits per heavy atom. The van der Waals surface area contributed by atoms with Gasteiger partial charge in [-0.25, -0.2) is 0 Å². The van der Waals surface area contributed by atoms with E-state index >= 15 is 0 Å². The van der Waals surface area contributed by atoms with E-state index in [1.54, 1.807) is 16.7 Å². The second-order valence-electron chi connectivity index (χ2n) is 17.8. The zero-order valence-corrected chi connectivity index (χ0v) is 32.0. The molecule has 0 unspecified atom stereocenters. The van der Waals surface area contributed by atoms with Gasteiger partial charge in [0, 0.05) is 54.0 Å². The minimum absolute atomic E-state index is 0.482. The first-order valence-electron chi connectivity index (χ1n) is 20.7. The van der Waals surface area contributed by atoms with E-state index in [0.29, 0.717) is 16.2 Å². The molecular formula is C47H67N3. The lowest BCUT2D eigenvalue weighted by Crippen LogP contribution is -2.41. The highest BCUT2D eigenvalue weighted by molar-refractivity contribution is 5.36. The molecule has 0 saturated heterocycles. The molecule has 6 aliphatic carbocycles. The Kier molecular flexibility index (Phi) is 11.2. The normalized spacial score (nSPS) is 22.7. The van der Waals surface area contributed by atoms with E-state index in [1.165, 1.54) is 139 Å². The third kappa shape index (κ3) is 8.94. The fourth-order valence-corrected chi connectivity index (χ4v) is 8.70. The maximum Gasteiger partial charge on any atom is 0.00925 e. The molecule has 6 saturated carbocycles. The van der Waals surface area contributed by atoms with Crippen LogP contribution < -0.4 is 10.6 Å². The van der Waals surface area contributed by atoms with Crippen LogP contribution in [0, 0.1) is 20.8 Å². The highest BCUT2D eigenvalue weighted by Crippen LogP contribution is 2.50. The Morgan fingerprint density at radius 3 is 1.12 bits per heavy atom. The lowest BCUT2D eigenvalue weighted by atomic mass is 9.89. The molecule has 9 rings (SSSR count). The maximum atomic E-state index is 3.80. The van der Waals surface area contributed by atoms with E-state index in [4.69, 9.17) is 0 Å². The quantitative estimate of drug-likeness (QED) is 0.200. The molecule has 0 heterocycles. The maximum absolute atomic E-state index is 3.80. The van der Waals surface area contributed by atoms with Crippen LogP contribution in [0.5, 0.6) is 0 Å². The number of aryl methyl sites for hydroxylation is 3. The standard InChI is InChI=1S/2C16H23N.C15H21N/c1-13-6-8-14(9-7-13)16(10-11-16)12-17(2)15-4-3-5-15;1-13-6-8-14(9-7-13)16(10-11-16)12-17-15-4-2-3-5-15;1-12-5-7-13(8-6-12)15(9-10-15)11-16-14-3-2-4-14/h6-9,15H,3-5,10-12H2,1-2H3;6-9,15,17H,2-5,10-12H2,1H3;5-8,14,16H,2-4,9-11H2,1H3. The van der Waals surface area contributed by atoms with Crippen molar-refractivity contribution in [1.82, 2.24) is 15.5 Å². The highest BCUT2D eigenvalue weighted by Gasteiger charge is 2.46. The lowest BCUT2D eigenvalue weighted by molar-refractivity contribution is 0.147. The summed E-state index contributed by atoms with van der Waals surface area (Å²) in [6.07, 6.45) is 22.4. The van der Waals surface area contributed by atoms with Gasteiger partial charge in [-0.1, -0.05) is 115 Å². The molecule has 3 heteroatoms. The summed E-state index contributed by atoms with van der Waals surface area (Å²) in [4.78, 5) is 2.61. The summed E-state index contributed by atoms with van der Waals surface area (Å²) in [5.41, 5.74) is 10.2. The second-order valence-corrected chi connectivity index (χ2v) is 17.8. The second kappa shape index (κ2) is 15.6. The summed E-state index contributed by atoms with van der Waals surface area (Å²) < 4.78 is 0. The molecule has 0 bridgehead atoms. The highest BCUT2D eigenvalue weighted by atomic mass is 15.1. The van der Waals surface area contributed by atoms with Crippen LogP contribution in [0.4, 0.5) is 0 Å². The van der Waals surface area contributed by atoms with Gasteiger partial charge in [0.1, 0.15) is 0 Å².